The van der Waals surface area contributed by atoms with E-state index in [1.807, 2.05) is 26.0 Å². The summed E-state index contributed by atoms with van der Waals surface area (Å²) in [5.74, 6) is 1.00. The summed E-state index contributed by atoms with van der Waals surface area (Å²) in [6, 6.07) is 6.48. The second-order valence-corrected chi connectivity index (χ2v) is 10.6. The molecule has 1 atom stereocenters. The van der Waals surface area contributed by atoms with E-state index in [0.717, 1.165) is 33.0 Å². The Labute approximate surface area is 207 Å². The SMILES string of the molecule is COc1cc(N(CC(=O)N[C@@H](C)c2cc(C(C)C)c(OC)cc2C)S(C)(=O)=O)c(OC)cc1Cl. The number of hydrogen-bond donors (Lipinski definition) is 1. The van der Waals surface area contributed by atoms with Gasteiger partial charge in [-0.05, 0) is 48.6 Å². The molecule has 0 aliphatic rings. The molecule has 188 valence electrons. The van der Waals surface area contributed by atoms with Crippen LogP contribution in [0.25, 0.3) is 0 Å². The molecule has 0 saturated carbocycles. The van der Waals surface area contributed by atoms with Crippen molar-refractivity contribution >= 4 is 33.2 Å². The van der Waals surface area contributed by atoms with Crippen LogP contribution in [-0.4, -0.2) is 48.5 Å². The molecule has 8 nitrogen and oxygen atoms in total. The van der Waals surface area contributed by atoms with Crippen molar-refractivity contribution < 1.29 is 27.4 Å². The summed E-state index contributed by atoms with van der Waals surface area (Å²) in [4.78, 5) is 13.0. The first-order chi connectivity index (χ1) is 15.8. The zero-order valence-electron chi connectivity index (χ0n) is 20.9. The summed E-state index contributed by atoms with van der Waals surface area (Å²) in [5.41, 5.74) is 3.06. The molecule has 0 radical (unpaired) electrons. The van der Waals surface area contributed by atoms with E-state index in [2.05, 4.69) is 19.2 Å². The Morgan fingerprint density at radius 2 is 1.56 bits per heavy atom. The molecule has 0 aliphatic heterocycles. The van der Waals surface area contributed by atoms with Crippen LogP contribution in [0.15, 0.2) is 24.3 Å². The topological polar surface area (TPSA) is 94.2 Å². The second kappa shape index (κ2) is 11.2. The third-order valence-electron chi connectivity index (χ3n) is 5.49. The van der Waals surface area contributed by atoms with Gasteiger partial charge >= 0.3 is 0 Å². The van der Waals surface area contributed by atoms with Gasteiger partial charge in [0.1, 0.15) is 23.8 Å². The molecule has 10 heteroatoms. The van der Waals surface area contributed by atoms with E-state index in [1.165, 1.54) is 26.4 Å². The lowest BCUT2D eigenvalue weighted by molar-refractivity contribution is -0.120. The molecule has 1 amide bonds. The molecule has 2 aromatic carbocycles. The van der Waals surface area contributed by atoms with Crippen molar-refractivity contribution in [2.75, 3.05) is 38.4 Å². The summed E-state index contributed by atoms with van der Waals surface area (Å²) in [7, 11) is 0.596. The molecule has 2 rings (SSSR count). The standard InChI is InChI=1S/C24H33ClN2O6S/c1-14(2)17-10-18(15(3)9-21(17)31-5)16(4)26-24(28)13-27(34(8,29)30)20-12-22(32-6)19(25)11-23(20)33-7/h9-12,14,16H,13H2,1-8H3,(H,26,28)/t16-/m0/s1. The number of carbonyl (C=O) groups excluding carboxylic acids is 1. The first-order valence-electron chi connectivity index (χ1n) is 10.7. The number of nitrogens with one attached hydrogen (secondary N) is 1. The Kier molecular flexibility index (Phi) is 9.08. The smallest absolute Gasteiger partial charge is 0.241 e. The van der Waals surface area contributed by atoms with Crippen LogP contribution in [0.2, 0.25) is 5.02 Å². The monoisotopic (exact) mass is 512 g/mol. The van der Waals surface area contributed by atoms with E-state index in [-0.39, 0.29) is 34.2 Å². The molecule has 2 aromatic rings. The third-order valence-corrected chi connectivity index (χ3v) is 6.92. The fraction of sp³-hybridized carbons (Fsp3) is 0.458. The van der Waals surface area contributed by atoms with Crippen LogP contribution in [0.1, 0.15) is 49.4 Å². The molecule has 0 fully saturated rings. The minimum Gasteiger partial charge on any atom is -0.496 e. The molecule has 34 heavy (non-hydrogen) atoms. The van der Waals surface area contributed by atoms with Crippen LogP contribution in [0, 0.1) is 6.92 Å². The highest BCUT2D eigenvalue weighted by Crippen LogP contribution is 2.39. The lowest BCUT2D eigenvalue weighted by Gasteiger charge is -2.26. The molecule has 0 unspecified atom stereocenters. The predicted octanol–water partition coefficient (Wildman–Crippen LogP) is 4.44. The van der Waals surface area contributed by atoms with Crippen molar-refractivity contribution in [3.8, 4) is 17.2 Å². The Bertz CT molecular complexity index is 1150. The lowest BCUT2D eigenvalue weighted by Crippen LogP contribution is -2.41. The Morgan fingerprint density at radius 1 is 0.971 bits per heavy atom. The number of nitrogens with zero attached hydrogens (tertiary/aromatic N) is 1. The molecular formula is C24H33ClN2O6S. The number of anilines is 1. The molecule has 0 aliphatic carbocycles. The normalized spacial score (nSPS) is 12.3. The number of halogens is 1. The van der Waals surface area contributed by atoms with Crippen molar-refractivity contribution in [3.63, 3.8) is 0 Å². The number of benzene rings is 2. The summed E-state index contributed by atoms with van der Waals surface area (Å²) >= 11 is 6.15. The van der Waals surface area contributed by atoms with Gasteiger partial charge < -0.3 is 19.5 Å². The van der Waals surface area contributed by atoms with Crippen LogP contribution in [0.5, 0.6) is 17.2 Å². The highest BCUT2D eigenvalue weighted by atomic mass is 35.5. The summed E-state index contributed by atoms with van der Waals surface area (Å²) in [6.07, 6.45) is 1.02. The Morgan fingerprint density at radius 3 is 2.06 bits per heavy atom. The van der Waals surface area contributed by atoms with Crippen LogP contribution in [0.3, 0.4) is 0 Å². The van der Waals surface area contributed by atoms with Gasteiger partial charge in [0, 0.05) is 12.1 Å². The first kappa shape index (κ1) is 27.6. The van der Waals surface area contributed by atoms with Gasteiger partial charge in [0.25, 0.3) is 0 Å². The van der Waals surface area contributed by atoms with Gasteiger partial charge in [0.05, 0.1) is 44.3 Å². The second-order valence-electron chi connectivity index (χ2n) is 8.32. The lowest BCUT2D eigenvalue weighted by atomic mass is 9.93. The number of hydrogen-bond acceptors (Lipinski definition) is 6. The summed E-state index contributed by atoms with van der Waals surface area (Å²) in [5, 5.41) is 3.16. The number of aryl methyl sites for hydroxylation is 1. The van der Waals surface area contributed by atoms with Crippen LogP contribution in [-0.2, 0) is 14.8 Å². The first-order valence-corrected chi connectivity index (χ1v) is 12.9. The highest BCUT2D eigenvalue weighted by Gasteiger charge is 2.27. The minimum atomic E-state index is -3.84. The molecule has 0 aromatic heterocycles. The van der Waals surface area contributed by atoms with Crippen LogP contribution in [0.4, 0.5) is 5.69 Å². The average molecular weight is 513 g/mol. The minimum absolute atomic E-state index is 0.150. The van der Waals surface area contributed by atoms with Gasteiger partial charge in [-0.15, -0.1) is 0 Å². The van der Waals surface area contributed by atoms with Gasteiger partial charge in [-0.3, -0.25) is 9.10 Å². The largest absolute Gasteiger partial charge is 0.496 e. The van der Waals surface area contributed by atoms with Gasteiger partial charge in [-0.2, -0.15) is 0 Å². The molecule has 0 heterocycles. The number of carbonyl (C=O) groups is 1. The Hall–Kier alpha value is -2.65. The number of ether oxygens (including phenoxy) is 3. The van der Waals surface area contributed by atoms with E-state index in [0.29, 0.717) is 0 Å². The highest BCUT2D eigenvalue weighted by molar-refractivity contribution is 7.92. The van der Waals surface area contributed by atoms with Crippen LogP contribution < -0.4 is 23.8 Å². The zero-order chi connectivity index (χ0) is 25.8. The third kappa shape index (κ3) is 6.27. The van der Waals surface area contributed by atoms with Crippen molar-refractivity contribution in [3.05, 3.63) is 46.0 Å². The zero-order valence-corrected chi connectivity index (χ0v) is 22.4. The van der Waals surface area contributed by atoms with E-state index in [1.54, 1.807) is 7.11 Å². The van der Waals surface area contributed by atoms with Crippen molar-refractivity contribution in [1.82, 2.24) is 5.32 Å². The van der Waals surface area contributed by atoms with Crippen molar-refractivity contribution in [2.24, 2.45) is 0 Å². The molecule has 1 N–H and O–H groups in total. The number of amides is 1. The maximum atomic E-state index is 13.0. The van der Waals surface area contributed by atoms with Gasteiger partial charge in [-0.25, -0.2) is 8.42 Å². The number of rotatable bonds is 10. The van der Waals surface area contributed by atoms with E-state index < -0.39 is 22.5 Å². The van der Waals surface area contributed by atoms with Crippen molar-refractivity contribution in [2.45, 2.75) is 39.7 Å². The van der Waals surface area contributed by atoms with Gasteiger partial charge in [0.2, 0.25) is 15.9 Å². The van der Waals surface area contributed by atoms with E-state index in [9.17, 15) is 13.2 Å². The Balaban J connectivity index is 2.37. The summed E-state index contributed by atoms with van der Waals surface area (Å²) < 4.78 is 42.2. The average Bonchev–Trinajstić information content (AvgIpc) is 2.75. The predicted molar refractivity (Wildman–Crippen MR) is 135 cm³/mol. The molecule has 0 saturated heterocycles. The van der Waals surface area contributed by atoms with Gasteiger partial charge in [-0.1, -0.05) is 25.4 Å². The number of sulfonamides is 1. The molecular weight excluding hydrogens is 480 g/mol. The maximum absolute atomic E-state index is 13.0. The molecule has 0 spiro atoms. The van der Waals surface area contributed by atoms with E-state index in [4.69, 9.17) is 25.8 Å². The fourth-order valence-electron chi connectivity index (χ4n) is 3.73. The van der Waals surface area contributed by atoms with Crippen LogP contribution >= 0.6 is 11.6 Å². The van der Waals surface area contributed by atoms with E-state index >= 15 is 0 Å². The fourth-order valence-corrected chi connectivity index (χ4v) is 4.81. The van der Waals surface area contributed by atoms with Crippen molar-refractivity contribution in [1.29, 1.82) is 0 Å². The molecule has 0 bridgehead atoms. The van der Waals surface area contributed by atoms with Gasteiger partial charge in [0.15, 0.2) is 0 Å². The quantitative estimate of drug-likeness (QED) is 0.505. The number of methoxy groups -OCH3 is 3. The summed E-state index contributed by atoms with van der Waals surface area (Å²) in [6.45, 7) is 7.48. The maximum Gasteiger partial charge on any atom is 0.241 e.